The Morgan fingerprint density at radius 1 is 1.25 bits per heavy atom. The molecule has 0 saturated heterocycles. The van der Waals surface area contributed by atoms with E-state index >= 15 is 0 Å². The van der Waals surface area contributed by atoms with E-state index in [1.807, 2.05) is 0 Å². The largest absolute Gasteiger partial charge is 0.496 e. The number of nitrogens with one attached hydrogen (secondary N) is 1. The highest BCUT2D eigenvalue weighted by atomic mass is 79.9. The van der Waals surface area contributed by atoms with Crippen molar-refractivity contribution in [2.45, 2.75) is 13.0 Å². The summed E-state index contributed by atoms with van der Waals surface area (Å²) >= 11 is 3.31. The molecular weight excluding hydrogens is 380 g/mol. The predicted octanol–water partition coefficient (Wildman–Crippen LogP) is 3.77. The first kappa shape index (κ1) is 17.7. The molecule has 0 spiro atoms. The summed E-state index contributed by atoms with van der Waals surface area (Å²) in [6.07, 6.45) is -0.916. The van der Waals surface area contributed by atoms with Crippen LogP contribution in [0.5, 0.6) is 11.5 Å². The second kappa shape index (κ2) is 7.78. The highest BCUT2D eigenvalue weighted by molar-refractivity contribution is 9.10. The maximum absolute atomic E-state index is 12.2. The quantitative estimate of drug-likeness (QED) is 0.594. The molecule has 2 aromatic rings. The van der Waals surface area contributed by atoms with E-state index in [2.05, 4.69) is 21.2 Å². The van der Waals surface area contributed by atoms with E-state index < -0.39 is 16.9 Å². The Hall–Kier alpha value is -2.61. The molecule has 2 rings (SSSR count). The minimum Gasteiger partial charge on any atom is -0.496 e. The predicted molar refractivity (Wildman–Crippen MR) is 92.5 cm³/mol. The van der Waals surface area contributed by atoms with Crippen LogP contribution in [0.1, 0.15) is 6.92 Å². The van der Waals surface area contributed by atoms with Gasteiger partial charge in [-0.25, -0.2) is 0 Å². The summed E-state index contributed by atoms with van der Waals surface area (Å²) in [5.74, 6) is -0.0808. The van der Waals surface area contributed by atoms with Gasteiger partial charge in [0.25, 0.3) is 5.91 Å². The number of ether oxygens (including phenoxy) is 2. The summed E-state index contributed by atoms with van der Waals surface area (Å²) in [6, 6.07) is 11.2. The summed E-state index contributed by atoms with van der Waals surface area (Å²) in [4.78, 5) is 22.7. The van der Waals surface area contributed by atoms with Crippen LogP contribution in [0.3, 0.4) is 0 Å². The van der Waals surface area contributed by atoms with Crippen molar-refractivity contribution in [2.24, 2.45) is 0 Å². The van der Waals surface area contributed by atoms with E-state index in [9.17, 15) is 14.9 Å². The van der Waals surface area contributed by atoms with Gasteiger partial charge in [0, 0.05) is 10.2 Å². The zero-order valence-corrected chi connectivity index (χ0v) is 14.6. The van der Waals surface area contributed by atoms with Crippen LogP contribution in [0, 0.1) is 10.1 Å². The first-order chi connectivity index (χ1) is 11.4. The zero-order valence-electron chi connectivity index (χ0n) is 13.0. The van der Waals surface area contributed by atoms with Crippen LogP contribution in [-0.4, -0.2) is 24.0 Å². The summed E-state index contributed by atoms with van der Waals surface area (Å²) in [7, 11) is 1.41. The molecule has 0 aliphatic carbocycles. The van der Waals surface area contributed by atoms with Crippen molar-refractivity contribution in [1.82, 2.24) is 0 Å². The number of nitro benzene ring substituents is 1. The molecule has 0 unspecified atom stereocenters. The molecule has 0 radical (unpaired) electrons. The van der Waals surface area contributed by atoms with Crippen molar-refractivity contribution >= 4 is 33.2 Å². The number of methoxy groups -OCH3 is 1. The Kier molecular flexibility index (Phi) is 5.75. The second-order valence-electron chi connectivity index (χ2n) is 4.85. The molecule has 2 aromatic carbocycles. The van der Waals surface area contributed by atoms with Crippen LogP contribution in [0.25, 0.3) is 0 Å². The van der Waals surface area contributed by atoms with Gasteiger partial charge in [-0.05, 0) is 43.3 Å². The third-order valence-corrected chi connectivity index (χ3v) is 3.68. The lowest BCUT2D eigenvalue weighted by Gasteiger charge is -2.15. The third-order valence-electron chi connectivity index (χ3n) is 3.15. The molecule has 0 aliphatic rings. The fourth-order valence-electron chi connectivity index (χ4n) is 1.89. The average Bonchev–Trinajstić information content (AvgIpc) is 2.57. The van der Waals surface area contributed by atoms with Crippen molar-refractivity contribution in [3.8, 4) is 11.5 Å². The number of nitrogens with zero attached hydrogens (tertiary/aromatic N) is 1. The number of halogens is 1. The van der Waals surface area contributed by atoms with Gasteiger partial charge < -0.3 is 14.8 Å². The first-order valence-corrected chi connectivity index (χ1v) is 7.75. The fourth-order valence-corrected chi connectivity index (χ4v) is 2.15. The van der Waals surface area contributed by atoms with Crippen molar-refractivity contribution in [3.63, 3.8) is 0 Å². The van der Waals surface area contributed by atoms with Crippen LogP contribution in [0.2, 0.25) is 0 Å². The number of rotatable bonds is 6. The summed E-state index contributed by atoms with van der Waals surface area (Å²) < 4.78 is 11.3. The SMILES string of the molecule is COc1ccc(O[C@H](C)C(=O)Nc2ccc(Br)cc2)c([N+](=O)[O-])c1. The van der Waals surface area contributed by atoms with Gasteiger partial charge in [-0.3, -0.25) is 14.9 Å². The molecule has 8 heteroatoms. The monoisotopic (exact) mass is 394 g/mol. The van der Waals surface area contributed by atoms with Gasteiger partial charge in [-0.2, -0.15) is 0 Å². The normalized spacial score (nSPS) is 11.5. The number of hydrogen-bond acceptors (Lipinski definition) is 5. The molecule has 0 fully saturated rings. The molecule has 24 heavy (non-hydrogen) atoms. The van der Waals surface area contributed by atoms with Crippen molar-refractivity contribution in [2.75, 3.05) is 12.4 Å². The molecule has 0 saturated carbocycles. The molecule has 0 heterocycles. The third kappa shape index (κ3) is 4.45. The molecule has 1 amide bonds. The van der Waals surface area contributed by atoms with Gasteiger partial charge >= 0.3 is 5.69 Å². The van der Waals surface area contributed by atoms with E-state index in [0.29, 0.717) is 11.4 Å². The summed E-state index contributed by atoms with van der Waals surface area (Å²) in [5, 5.41) is 13.8. The van der Waals surface area contributed by atoms with Crippen molar-refractivity contribution in [3.05, 3.63) is 57.1 Å². The molecule has 1 atom stereocenters. The number of nitro groups is 1. The van der Waals surface area contributed by atoms with Crippen LogP contribution in [-0.2, 0) is 4.79 Å². The fraction of sp³-hybridized carbons (Fsp3) is 0.188. The van der Waals surface area contributed by atoms with Gasteiger partial charge in [-0.1, -0.05) is 15.9 Å². The Bertz CT molecular complexity index is 749. The minimum absolute atomic E-state index is 0.000689. The van der Waals surface area contributed by atoms with Gasteiger partial charge in [0.05, 0.1) is 18.1 Å². The lowest BCUT2D eigenvalue weighted by Crippen LogP contribution is -2.30. The number of carbonyl (C=O) groups excluding carboxylic acids is 1. The number of anilines is 1. The number of benzene rings is 2. The van der Waals surface area contributed by atoms with Crippen LogP contribution in [0.15, 0.2) is 46.9 Å². The summed E-state index contributed by atoms with van der Waals surface area (Å²) in [5.41, 5.74) is 0.334. The maximum Gasteiger partial charge on any atom is 0.314 e. The molecule has 0 bridgehead atoms. The molecule has 1 N–H and O–H groups in total. The zero-order chi connectivity index (χ0) is 17.7. The Labute approximate surface area is 146 Å². The van der Waals surface area contributed by atoms with E-state index in [1.54, 1.807) is 24.3 Å². The lowest BCUT2D eigenvalue weighted by molar-refractivity contribution is -0.386. The lowest BCUT2D eigenvalue weighted by atomic mass is 10.2. The maximum atomic E-state index is 12.2. The Morgan fingerprint density at radius 3 is 2.50 bits per heavy atom. The second-order valence-corrected chi connectivity index (χ2v) is 5.76. The van der Waals surface area contributed by atoms with Crippen LogP contribution >= 0.6 is 15.9 Å². The summed E-state index contributed by atoms with van der Waals surface area (Å²) in [6.45, 7) is 1.52. The van der Waals surface area contributed by atoms with Crippen molar-refractivity contribution in [1.29, 1.82) is 0 Å². The van der Waals surface area contributed by atoms with Crippen LogP contribution < -0.4 is 14.8 Å². The van der Waals surface area contributed by atoms with Gasteiger partial charge in [0.1, 0.15) is 5.75 Å². The van der Waals surface area contributed by atoms with Gasteiger partial charge in [0.15, 0.2) is 11.9 Å². The van der Waals surface area contributed by atoms with E-state index in [-0.39, 0.29) is 11.4 Å². The van der Waals surface area contributed by atoms with E-state index in [1.165, 1.54) is 32.2 Å². The number of hydrogen-bond donors (Lipinski definition) is 1. The van der Waals surface area contributed by atoms with Gasteiger partial charge in [0.2, 0.25) is 0 Å². The minimum atomic E-state index is -0.916. The van der Waals surface area contributed by atoms with Crippen LogP contribution in [0.4, 0.5) is 11.4 Å². The number of carbonyl (C=O) groups is 1. The molecule has 126 valence electrons. The molecule has 0 aromatic heterocycles. The molecule has 0 aliphatic heterocycles. The topological polar surface area (TPSA) is 90.7 Å². The standard InChI is InChI=1S/C16H15BrN2O5/c1-10(16(20)18-12-5-3-11(17)4-6-12)24-15-8-7-13(23-2)9-14(15)19(21)22/h3-10H,1-2H3,(H,18,20)/t10-/m1/s1. The molecule has 7 nitrogen and oxygen atoms in total. The Balaban J connectivity index is 2.10. The molecular formula is C16H15BrN2O5. The van der Waals surface area contributed by atoms with Crippen molar-refractivity contribution < 1.29 is 19.2 Å². The highest BCUT2D eigenvalue weighted by Crippen LogP contribution is 2.31. The van der Waals surface area contributed by atoms with Gasteiger partial charge in [-0.15, -0.1) is 0 Å². The average molecular weight is 395 g/mol. The first-order valence-electron chi connectivity index (χ1n) is 6.96. The van der Waals surface area contributed by atoms with E-state index in [0.717, 1.165) is 4.47 Å². The highest BCUT2D eigenvalue weighted by Gasteiger charge is 2.22. The Morgan fingerprint density at radius 2 is 1.92 bits per heavy atom. The number of amides is 1. The van der Waals surface area contributed by atoms with E-state index in [4.69, 9.17) is 9.47 Å². The smallest absolute Gasteiger partial charge is 0.314 e.